The van der Waals surface area contributed by atoms with Crippen molar-refractivity contribution in [3.63, 3.8) is 0 Å². The molecule has 1 N–H and O–H groups in total. The number of thioether (sulfide) groups is 1. The monoisotopic (exact) mass is 276 g/mol. The molecule has 0 saturated carbocycles. The van der Waals surface area contributed by atoms with Crippen LogP contribution >= 0.6 is 11.8 Å². The summed E-state index contributed by atoms with van der Waals surface area (Å²) in [4.78, 5) is 12.0. The lowest BCUT2D eigenvalue weighted by atomic mass is 10.1. The van der Waals surface area contributed by atoms with Gasteiger partial charge in [-0.3, -0.25) is 0 Å². The molecular weight excluding hydrogens is 260 g/mol. The summed E-state index contributed by atoms with van der Waals surface area (Å²) in [7, 11) is 0. The van der Waals surface area contributed by atoms with Crippen LogP contribution in [0.3, 0.4) is 0 Å². The Morgan fingerprint density at radius 3 is 2.68 bits per heavy atom. The number of benzene rings is 2. The second kappa shape index (κ2) is 6.59. The van der Waals surface area contributed by atoms with Gasteiger partial charge in [0.15, 0.2) is 6.10 Å². The molecule has 0 saturated heterocycles. The van der Waals surface area contributed by atoms with Gasteiger partial charge >= 0.3 is 5.97 Å². The predicted molar refractivity (Wildman–Crippen MR) is 77.7 cm³/mol. The van der Waals surface area contributed by atoms with E-state index in [0.717, 1.165) is 10.3 Å². The molecule has 0 bridgehead atoms. The third-order valence-electron chi connectivity index (χ3n) is 2.77. The highest BCUT2D eigenvalue weighted by molar-refractivity contribution is 7.99. The first kappa shape index (κ1) is 13.9. The van der Waals surface area contributed by atoms with E-state index >= 15 is 0 Å². The van der Waals surface area contributed by atoms with Crippen LogP contribution in [0.1, 0.15) is 6.92 Å². The van der Waals surface area contributed by atoms with E-state index in [1.807, 2.05) is 24.3 Å². The zero-order valence-corrected chi connectivity index (χ0v) is 11.5. The summed E-state index contributed by atoms with van der Waals surface area (Å²) in [5.74, 6) is -0.489. The maximum atomic E-state index is 11.0. The standard InChI is InChI=1S/C15H16O3S/c1-2-18-14(15(16)17)10-19-13-8-7-11-5-3-4-6-12(11)9-13/h3-9,14H,2,10H2,1H3,(H,16,17). The Hall–Kier alpha value is -1.52. The van der Waals surface area contributed by atoms with Crippen LogP contribution in [-0.2, 0) is 9.53 Å². The predicted octanol–water partition coefficient (Wildman–Crippen LogP) is 3.42. The lowest BCUT2D eigenvalue weighted by Gasteiger charge is -2.12. The van der Waals surface area contributed by atoms with Gasteiger partial charge in [0.2, 0.25) is 0 Å². The molecule has 19 heavy (non-hydrogen) atoms. The summed E-state index contributed by atoms with van der Waals surface area (Å²) in [6.45, 7) is 2.21. The van der Waals surface area contributed by atoms with Gasteiger partial charge in [0, 0.05) is 17.3 Å². The number of ether oxygens (including phenoxy) is 1. The number of carboxylic acid groups (broad SMARTS) is 1. The van der Waals surface area contributed by atoms with Crippen LogP contribution in [0.2, 0.25) is 0 Å². The Labute approximate surface area is 116 Å². The molecule has 0 spiro atoms. The highest BCUT2D eigenvalue weighted by Gasteiger charge is 2.17. The van der Waals surface area contributed by atoms with E-state index in [4.69, 9.17) is 9.84 Å². The molecule has 2 rings (SSSR count). The van der Waals surface area contributed by atoms with Crippen LogP contribution < -0.4 is 0 Å². The van der Waals surface area contributed by atoms with Crippen LogP contribution in [0.5, 0.6) is 0 Å². The molecule has 2 aromatic carbocycles. The van der Waals surface area contributed by atoms with Crippen molar-refractivity contribution in [3.8, 4) is 0 Å². The molecule has 0 radical (unpaired) electrons. The quantitative estimate of drug-likeness (QED) is 0.821. The number of fused-ring (bicyclic) bond motifs is 1. The third kappa shape index (κ3) is 3.72. The maximum absolute atomic E-state index is 11.0. The van der Waals surface area contributed by atoms with Crippen molar-refractivity contribution in [3.05, 3.63) is 42.5 Å². The van der Waals surface area contributed by atoms with Gasteiger partial charge in [-0.15, -0.1) is 11.8 Å². The SMILES string of the molecule is CCOC(CSc1ccc2ccccc2c1)C(=O)O. The molecule has 0 fully saturated rings. The number of carbonyl (C=O) groups is 1. The van der Waals surface area contributed by atoms with Gasteiger partial charge in [0.05, 0.1) is 0 Å². The topological polar surface area (TPSA) is 46.5 Å². The first-order valence-corrected chi connectivity index (χ1v) is 7.15. The molecule has 0 aliphatic heterocycles. The number of aliphatic carboxylic acids is 1. The molecule has 0 amide bonds. The van der Waals surface area contributed by atoms with Gasteiger partial charge < -0.3 is 9.84 Å². The van der Waals surface area contributed by atoms with Crippen LogP contribution in [0.25, 0.3) is 10.8 Å². The largest absolute Gasteiger partial charge is 0.479 e. The molecular formula is C15H16O3S. The fourth-order valence-electron chi connectivity index (χ4n) is 1.82. The summed E-state index contributed by atoms with van der Waals surface area (Å²) < 4.78 is 5.19. The van der Waals surface area contributed by atoms with Crippen molar-refractivity contribution >= 4 is 28.5 Å². The summed E-state index contributed by atoms with van der Waals surface area (Å²) >= 11 is 1.51. The Balaban J connectivity index is 2.06. The minimum absolute atomic E-state index is 0.412. The minimum Gasteiger partial charge on any atom is -0.479 e. The zero-order valence-electron chi connectivity index (χ0n) is 10.7. The van der Waals surface area contributed by atoms with Crippen LogP contribution in [-0.4, -0.2) is 29.5 Å². The summed E-state index contributed by atoms with van der Waals surface area (Å²) in [5.41, 5.74) is 0. The molecule has 3 nitrogen and oxygen atoms in total. The van der Waals surface area contributed by atoms with E-state index in [-0.39, 0.29) is 0 Å². The molecule has 4 heteroatoms. The molecule has 0 aromatic heterocycles. The third-order valence-corrected chi connectivity index (χ3v) is 3.82. The lowest BCUT2D eigenvalue weighted by Crippen LogP contribution is -2.26. The normalized spacial score (nSPS) is 12.5. The number of hydrogen-bond donors (Lipinski definition) is 1. The second-order valence-electron chi connectivity index (χ2n) is 4.10. The van der Waals surface area contributed by atoms with Crippen LogP contribution in [0, 0.1) is 0 Å². The second-order valence-corrected chi connectivity index (χ2v) is 5.20. The van der Waals surface area contributed by atoms with Crippen LogP contribution in [0.15, 0.2) is 47.4 Å². The van der Waals surface area contributed by atoms with E-state index in [0.29, 0.717) is 12.4 Å². The fourth-order valence-corrected chi connectivity index (χ4v) is 2.78. The van der Waals surface area contributed by atoms with Crippen molar-refractivity contribution in [1.29, 1.82) is 0 Å². The van der Waals surface area contributed by atoms with Crippen molar-refractivity contribution in [1.82, 2.24) is 0 Å². The Kier molecular flexibility index (Phi) is 4.82. The van der Waals surface area contributed by atoms with Gasteiger partial charge in [-0.2, -0.15) is 0 Å². The van der Waals surface area contributed by atoms with E-state index in [1.165, 1.54) is 17.1 Å². The Morgan fingerprint density at radius 1 is 1.26 bits per heavy atom. The number of rotatable bonds is 6. The highest BCUT2D eigenvalue weighted by Crippen LogP contribution is 2.24. The molecule has 0 aliphatic carbocycles. The van der Waals surface area contributed by atoms with Crippen molar-refractivity contribution in [2.45, 2.75) is 17.9 Å². The molecule has 0 aliphatic rings. The average molecular weight is 276 g/mol. The van der Waals surface area contributed by atoms with E-state index < -0.39 is 12.1 Å². The van der Waals surface area contributed by atoms with Gasteiger partial charge in [-0.1, -0.05) is 30.3 Å². The first-order chi connectivity index (χ1) is 9.20. The smallest absolute Gasteiger partial charge is 0.333 e. The van der Waals surface area contributed by atoms with Gasteiger partial charge in [-0.05, 0) is 29.8 Å². The molecule has 1 unspecified atom stereocenters. The minimum atomic E-state index is -0.907. The Morgan fingerprint density at radius 2 is 2.00 bits per heavy atom. The first-order valence-electron chi connectivity index (χ1n) is 6.16. The van der Waals surface area contributed by atoms with Crippen LogP contribution in [0.4, 0.5) is 0 Å². The fraction of sp³-hybridized carbons (Fsp3) is 0.267. The zero-order chi connectivity index (χ0) is 13.7. The molecule has 2 aromatic rings. The van der Waals surface area contributed by atoms with Gasteiger partial charge in [0.1, 0.15) is 0 Å². The maximum Gasteiger partial charge on any atom is 0.333 e. The molecule has 100 valence electrons. The molecule has 0 heterocycles. The van der Waals surface area contributed by atoms with Crippen molar-refractivity contribution in [2.24, 2.45) is 0 Å². The van der Waals surface area contributed by atoms with E-state index in [9.17, 15) is 4.79 Å². The van der Waals surface area contributed by atoms with Crippen molar-refractivity contribution in [2.75, 3.05) is 12.4 Å². The summed E-state index contributed by atoms with van der Waals surface area (Å²) in [5, 5.41) is 11.4. The highest BCUT2D eigenvalue weighted by atomic mass is 32.2. The summed E-state index contributed by atoms with van der Waals surface area (Å²) in [6, 6.07) is 14.2. The van der Waals surface area contributed by atoms with Crippen molar-refractivity contribution < 1.29 is 14.6 Å². The van der Waals surface area contributed by atoms with Gasteiger partial charge in [-0.25, -0.2) is 4.79 Å². The number of hydrogen-bond acceptors (Lipinski definition) is 3. The van der Waals surface area contributed by atoms with Gasteiger partial charge in [0.25, 0.3) is 0 Å². The Bertz CT molecular complexity index is 568. The number of carboxylic acids is 1. The molecule has 1 atom stereocenters. The lowest BCUT2D eigenvalue weighted by molar-refractivity contribution is -0.148. The average Bonchev–Trinajstić information content (AvgIpc) is 2.43. The summed E-state index contributed by atoms with van der Waals surface area (Å²) in [6.07, 6.45) is -0.749. The van der Waals surface area contributed by atoms with E-state index in [2.05, 4.69) is 18.2 Å². The van der Waals surface area contributed by atoms with E-state index in [1.54, 1.807) is 6.92 Å².